The van der Waals surface area contributed by atoms with Crippen molar-refractivity contribution in [3.05, 3.63) is 59.7 Å². The van der Waals surface area contributed by atoms with E-state index < -0.39 is 39.3 Å². The molecule has 2 N–H and O–H groups in total. The van der Waals surface area contributed by atoms with Gasteiger partial charge in [0.2, 0.25) is 5.91 Å². The Morgan fingerprint density at radius 2 is 1.42 bits per heavy atom. The number of sulfone groups is 1. The monoisotopic (exact) mass is 495 g/mol. The molecule has 3 rings (SSSR count). The average Bonchev–Trinajstić information content (AvgIpc) is 3.50. The Kier molecular flexibility index (Phi) is 6.55. The van der Waals surface area contributed by atoms with Crippen molar-refractivity contribution in [2.75, 3.05) is 11.1 Å². The Hall–Kier alpha value is -2.60. The fraction of sp³-hybridized carbons (Fsp3) is 0.381. The molecule has 1 aliphatic carbocycles. The number of aliphatic hydroxyl groups is 1. The molecule has 12 heteroatoms. The maximum absolute atomic E-state index is 12.9. The van der Waals surface area contributed by atoms with Crippen LogP contribution in [0.1, 0.15) is 24.0 Å². The second kappa shape index (κ2) is 8.64. The molecular formula is C21H19F6NO4S. The number of amides is 1. The molecular weight excluding hydrogens is 476 g/mol. The summed E-state index contributed by atoms with van der Waals surface area (Å²) < 4.78 is 102. The third-order valence-corrected chi connectivity index (χ3v) is 7.11. The first-order valence-corrected chi connectivity index (χ1v) is 11.4. The van der Waals surface area contributed by atoms with Gasteiger partial charge in [-0.05, 0) is 48.6 Å². The van der Waals surface area contributed by atoms with Crippen molar-refractivity contribution >= 4 is 21.4 Å². The third kappa shape index (κ3) is 5.49. The SMILES string of the molecule is O=C(Cc1ccc(S(=O)(=O)CC2CC2)cc1)Nc1ccc(C(O)(C(F)(F)F)C(F)(F)F)cc1. The predicted molar refractivity (Wildman–Crippen MR) is 106 cm³/mol. The smallest absolute Gasteiger partial charge is 0.369 e. The number of rotatable bonds is 7. The van der Waals surface area contributed by atoms with Gasteiger partial charge >= 0.3 is 12.4 Å². The molecule has 0 unspecified atom stereocenters. The van der Waals surface area contributed by atoms with Gasteiger partial charge in [-0.2, -0.15) is 26.3 Å². The van der Waals surface area contributed by atoms with Gasteiger partial charge in [-0.15, -0.1) is 0 Å². The van der Waals surface area contributed by atoms with Gasteiger partial charge in [0.1, 0.15) is 0 Å². The molecule has 0 bridgehead atoms. The molecule has 1 aliphatic rings. The van der Waals surface area contributed by atoms with E-state index in [1.807, 2.05) is 0 Å². The lowest BCUT2D eigenvalue weighted by atomic mass is 9.92. The number of halogens is 6. The quantitative estimate of drug-likeness (QED) is 0.559. The number of carbonyl (C=O) groups is 1. The van der Waals surface area contributed by atoms with Gasteiger partial charge in [0, 0.05) is 11.3 Å². The minimum atomic E-state index is -6.01. The molecule has 33 heavy (non-hydrogen) atoms. The number of hydrogen-bond donors (Lipinski definition) is 2. The second-order valence-electron chi connectivity index (χ2n) is 7.88. The van der Waals surface area contributed by atoms with Crippen LogP contribution in [0.4, 0.5) is 32.0 Å². The van der Waals surface area contributed by atoms with Crippen LogP contribution in [0, 0.1) is 5.92 Å². The van der Waals surface area contributed by atoms with Crippen molar-refractivity contribution in [2.45, 2.75) is 42.1 Å². The van der Waals surface area contributed by atoms with E-state index in [-0.39, 0.29) is 28.7 Å². The Bertz CT molecular complexity index is 1090. The van der Waals surface area contributed by atoms with E-state index in [9.17, 15) is 44.7 Å². The molecule has 2 aromatic rings. The lowest BCUT2D eigenvalue weighted by molar-refractivity contribution is -0.376. The molecule has 2 aromatic carbocycles. The summed E-state index contributed by atoms with van der Waals surface area (Å²) in [5.41, 5.74) is -6.12. The Morgan fingerprint density at radius 3 is 1.88 bits per heavy atom. The van der Waals surface area contributed by atoms with Gasteiger partial charge in [-0.25, -0.2) is 8.42 Å². The molecule has 1 fully saturated rings. The van der Waals surface area contributed by atoms with Crippen LogP contribution in [-0.4, -0.2) is 37.5 Å². The largest absolute Gasteiger partial charge is 0.430 e. The van der Waals surface area contributed by atoms with Crippen molar-refractivity contribution in [1.82, 2.24) is 0 Å². The zero-order valence-corrected chi connectivity index (χ0v) is 17.7. The normalized spacial score (nSPS) is 15.4. The lowest BCUT2D eigenvalue weighted by Crippen LogP contribution is -2.53. The first-order valence-electron chi connectivity index (χ1n) is 9.71. The summed E-state index contributed by atoms with van der Waals surface area (Å²) >= 11 is 0. The summed E-state index contributed by atoms with van der Waals surface area (Å²) in [5, 5.41) is 11.7. The van der Waals surface area contributed by atoms with Gasteiger partial charge in [-0.1, -0.05) is 24.3 Å². The number of hydrogen-bond acceptors (Lipinski definition) is 4. The van der Waals surface area contributed by atoms with Crippen molar-refractivity contribution < 1.29 is 44.7 Å². The maximum atomic E-state index is 12.9. The van der Waals surface area contributed by atoms with Gasteiger partial charge < -0.3 is 10.4 Å². The summed E-state index contributed by atoms with van der Waals surface area (Å²) in [4.78, 5) is 12.3. The van der Waals surface area contributed by atoms with Crippen molar-refractivity contribution in [3.8, 4) is 0 Å². The molecule has 0 aliphatic heterocycles. The van der Waals surface area contributed by atoms with Crippen molar-refractivity contribution in [1.29, 1.82) is 0 Å². The highest BCUT2D eigenvalue weighted by atomic mass is 32.2. The van der Waals surface area contributed by atoms with E-state index in [0.717, 1.165) is 25.0 Å². The first-order chi connectivity index (χ1) is 15.1. The zero-order valence-electron chi connectivity index (χ0n) is 16.9. The molecule has 180 valence electrons. The van der Waals surface area contributed by atoms with Crippen LogP contribution in [0.25, 0.3) is 0 Å². The number of benzene rings is 2. The summed E-state index contributed by atoms with van der Waals surface area (Å²) in [6, 6.07) is 8.14. The van der Waals surface area contributed by atoms with Crippen LogP contribution in [0.5, 0.6) is 0 Å². The van der Waals surface area contributed by atoms with Gasteiger partial charge in [0.15, 0.2) is 9.84 Å². The molecule has 0 spiro atoms. The highest BCUT2D eigenvalue weighted by Crippen LogP contribution is 2.50. The molecule has 0 radical (unpaired) electrons. The highest BCUT2D eigenvalue weighted by Gasteiger charge is 2.71. The summed E-state index contributed by atoms with van der Waals surface area (Å²) in [6.07, 6.45) is -10.5. The number of carbonyl (C=O) groups excluding carboxylic acids is 1. The van der Waals surface area contributed by atoms with Crippen LogP contribution in [0.15, 0.2) is 53.4 Å². The predicted octanol–water partition coefficient (Wildman–Crippen LogP) is 4.36. The first kappa shape index (κ1) is 25.0. The Balaban J connectivity index is 1.66. The molecule has 0 aromatic heterocycles. The summed E-state index contributed by atoms with van der Waals surface area (Å²) in [6.45, 7) is 0. The third-order valence-electron chi connectivity index (χ3n) is 5.21. The van der Waals surface area contributed by atoms with Crippen LogP contribution >= 0.6 is 0 Å². The minimum Gasteiger partial charge on any atom is -0.369 e. The highest BCUT2D eigenvalue weighted by molar-refractivity contribution is 7.91. The number of nitrogens with one attached hydrogen (secondary N) is 1. The van der Waals surface area contributed by atoms with Crippen molar-refractivity contribution in [3.63, 3.8) is 0 Å². The molecule has 0 atom stereocenters. The molecule has 1 amide bonds. The summed E-state index contributed by atoms with van der Waals surface area (Å²) in [7, 11) is -3.41. The van der Waals surface area contributed by atoms with E-state index in [1.54, 1.807) is 0 Å². The van der Waals surface area contributed by atoms with E-state index >= 15 is 0 Å². The van der Waals surface area contributed by atoms with E-state index in [2.05, 4.69) is 5.32 Å². The summed E-state index contributed by atoms with van der Waals surface area (Å²) in [5.74, 6) is -0.381. The lowest BCUT2D eigenvalue weighted by Gasteiger charge is -2.32. The van der Waals surface area contributed by atoms with Gasteiger partial charge in [0.05, 0.1) is 17.1 Å². The molecule has 0 heterocycles. The molecule has 5 nitrogen and oxygen atoms in total. The average molecular weight is 495 g/mol. The topological polar surface area (TPSA) is 83.5 Å². The number of anilines is 1. The van der Waals surface area contributed by atoms with E-state index in [1.165, 1.54) is 24.3 Å². The fourth-order valence-electron chi connectivity index (χ4n) is 3.18. The van der Waals surface area contributed by atoms with Crippen molar-refractivity contribution in [2.24, 2.45) is 5.92 Å². The standard InChI is InChI=1S/C21H19F6NO4S/c22-20(23,24)19(30,21(25,26)27)15-5-7-16(8-6-15)28-18(29)11-13-3-9-17(10-4-13)33(31,32)12-14-1-2-14/h3-10,14,30H,1-2,11-12H2,(H,28,29). The molecule has 1 saturated carbocycles. The molecule has 0 saturated heterocycles. The van der Waals surface area contributed by atoms with Gasteiger partial charge in [-0.3, -0.25) is 4.79 Å². The minimum absolute atomic E-state index is 0.0701. The van der Waals surface area contributed by atoms with Crippen LogP contribution in [0.2, 0.25) is 0 Å². The van der Waals surface area contributed by atoms with Crippen LogP contribution in [-0.2, 0) is 26.7 Å². The Morgan fingerprint density at radius 1 is 0.909 bits per heavy atom. The number of alkyl halides is 6. The maximum Gasteiger partial charge on any atom is 0.430 e. The van der Waals surface area contributed by atoms with Gasteiger partial charge in [0.25, 0.3) is 5.60 Å². The van der Waals surface area contributed by atoms with E-state index in [0.29, 0.717) is 17.7 Å². The van der Waals surface area contributed by atoms with Crippen LogP contribution in [0.3, 0.4) is 0 Å². The Labute approximate surface area is 185 Å². The van der Waals surface area contributed by atoms with Crippen LogP contribution < -0.4 is 5.32 Å². The zero-order chi connectivity index (χ0) is 24.7. The fourth-order valence-corrected chi connectivity index (χ4v) is 4.88. The second-order valence-corrected chi connectivity index (χ2v) is 9.91. The van der Waals surface area contributed by atoms with E-state index in [4.69, 9.17) is 0 Å².